The molecule has 0 atom stereocenters. The highest BCUT2D eigenvalue weighted by molar-refractivity contribution is 9.10. The van der Waals surface area contributed by atoms with E-state index in [2.05, 4.69) is 15.9 Å². The Morgan fingerprint density at radius 1 is 1.24 bits per heavy atom. The number of anilines is 1. The molecule has 21 heavy (non-hydrogen) atoms. The zero-order valence-electron chi connectivity index (χ0n) is 10.7. The molecule has 112 valence electrons. The Bertz CT molecular complexity index is 739. The Labute approximate surface area is 130 Å². The summed E-state index contributed by atoms with van der Waals surface area (Å²) < 4.78 is 43.9. The first-order valence-corrected chi connectivity index (χ1v) is 8.15. The summed E-state index contributed by atoms with van der Waals surface area (Å²) in [6.07, 6.45) is 0. The molecule has 0 bridgehead atoms. The van der Waals surface area contributed by atoms with Crippen LogP contribution in [0.3, 0.4) is 0 Å². The number of hydrogen-bond acceptors (Lipinski definition) is 3. The van der Waals surface area contributed by atoms with E-state index in [0.29, 0.717) is 4.47 Å². The van der Waals surface area contributed by atoms with Gasteiger partial charge in [0, 0.05) is 4.47 Å². The number of rotatable bonds is 5. The Hall–Kier alpha value is -1.64. The summed E-state index contributed by atoms with van der Waals surface area (Å²) in [5, 5.41) is 4.88. The minimum Gasteiger partial charge on any atom is -0.487 e. The van der Waals surface area contributed by atoms with Crippen LogP contribution in [0.25, 0.3) is 0 Å². The second-order valence-electron chi connectivity index (χ2n) is 4.18. The summed E-state index contributed by atoms with van der Waals surface area (Å²) >= 11 is 3.12. The van der Waals surface area contributed by atoms with Crippen molar-refractivity contribution in [2.75, 3.05) is 4.72 Å². The molecule has 0 saturated carbocycles. The third-order valence-corrected chi connectivity index (χ3v) is 3.45. The second-order valence-corrected chi connectivity index (χ2v) is 6.39. The normalized spacial score (nSPS) is 11.2. The lowest BCUT2D eigenvalue weighted by molar-refractivity contribution is 0.306. The fourth-order valence-corrected chi connectivity index (χ4v) is 2.53. The smallest absolute Gasteiger partial charge is 0.296 e. The summed E-state index contributed by atoms with van der Waals surface area (Å²) in [6.45, 7) is 0.163. The topological polar surface area (TPSA) is 81.4 Å². The summed E-state index contributed by atoms with van der Waals surface area (Å²) in [7, 11) is -4.10. The highest BCUT2D eigenvalue weighted by Crippen LogP contribution is 2.32. The Morgan fingerprint density at radius 2 is 1.90 bits per heavy atom. The Kier molecular flexibility index (Phi) is 4.81. The maximum atomic E-state index is 13.9. The molecule has 3 N–H and O–H groups in total. The van der Waals surface area contributed by atoms with Crippen LogP contribution in [0.4, 0.5) is 10.1 Å². The lowest BCUT2D eigenvalue weighted by atomic mass is 10.2. The molecule has 0 saturated heterocycles. The molecule has 0 spiro atoms. The highest BCUT2D eigenvalue weighted by Gasteiger charge is 2.16. The quantitative estimate of drug-likeness (QED) is 0.843. The van der Waals surface area contributed by atoms with E-state index in [0.717, 1.165) is 11.6 Å². The molecule has 0 aliphatic carbocycles. The molecule has 0 fully saturated rings. The Balaban J connectivity index is 2.29. The van der Waals surface area contributed by atoms with E-state index in [9.17, 15) is 12.8 Å². The van der Waals surface area contributed by atoms with Gasteiger partial charge in [0.25, 0.3) is 10.2 Å². The molecule has 2 aromatic carbocycles. The number of nitrogens with one attached hydrogen (secondary N) is 1. The van der Waals surface area contributed by atoms with Crippen LogP contribution in [0.1, 0.15) is 5.56 Å². The number of hydrogen-bond donors (Lipinski definition) is 2. The van der Waals surface area contributed by atoms with E-state index < -0.39 is 16.0 Å². The van der Waals surface area contributed by atoms with Crippen molar-refractivity contribution in [2.45, 2.75) is 6.61 Å². The lowest BCUT2D eigenvalue weighted by Crippen LogP contribution is -2.23. The summed E-state index contributed by atoms with van der Waals surface area (Å²) in [5.74, 6) is -0.749. The van der Waals surface area contributed by atoms with Crippen LogP contribution >= 0.6 is 15.9 Å². The van der Waals surface area contributed by atoms with Crippen LogP contribution in [-0.2, 0) is 16.8 Å². The van der Waals surface area contributed by atoms with Crippen LogP contribution in [0.5, 0.6) is 5.75 Å². The van der Waals surface area contributed by atoms with Gasteiger partial charge in [-0.15, -0.1) is 0 Å². The van der Waals surface area contributed by atoms with Crippen molar-refractivity contribution in [2.24, 2.45) is 5.14 Å². The van der Waals surface area contributed by atoms with Crippen LogP contribution in [0.2, 0.25) is 0 Å². The minimum absolute atomic E-state index is 0.0414. The molecular formula is C13H12BrFN2O3S. The highest BCUT2D eigenvalue weighted by atomic mass is 79.9. The van der Waals surface area contributed by atoms with E-state index in [1.165, 1.54) is 6.07 Å². The van der Waals surface area contributed by atoms with Crippen molar-refractivity contribution in [1.29, 1.82) is 0 Å². The average Bonchev–Trinajstić information content (AvgIpc) is 2.40. The zero-order valence-corrected chi connectivity index (χ0v) is 13.1. The van der Waals surface area contributed by atoms with Crippen LogP contribution in [-0.4, -0.2) is 8.42 Å². The fraction of sp³-hybridized carbons (Fsp3) is 0.0769. The maximum Gasteiger partial charge on any atom is 0.296 e. The van der Waals surface area contributed by atoms with Crippen molar-refractivity contribution in [3.8, 4) is 5.75 Å². The molecule has 0 radical (unpaired) electrons. The van der Waals surface area contributed by atoms with Gasteiger partial charge in [0.1, 0.15) is 18.0 Å². The predicted molar refractivity (Wildman–Crippen MR) is 81.6 cm³/mol. The zero-order chi connectivity index (χ0) is 15.5. The van der Waals surface area contributed by atoms with Gasteiger partial charge in [-0.25, -0.2) is 9.53 Å². The molecule has 0 aromatic heterocycles. The van der Waals surface area contributed by atoms with Gasteiger partial charge in [-0.05, 0) is 17.7 Å². The van der Waals surface area contributed by atoms with Crippen molar-refractivity contribution in [3.05, 3.63) is 58.3 Å². The van der Waals surface area contributed by atoms with Gasteiger partial charge in [-0.3, -0.25) is 4.72 Å². The molecule has 0 amide bonds. The molecule has 0 aliphatic rings. The van der Waals surface area contributed by atoms with Gasteiger partial charge in [0.2, 0.25) is 0 Å². The SMILES string of the molecule is NS(=O)(=O)Nc1c(F)cc(Br)cc1OCc1ccccc1. The Morgan fingerprint density at radius 3 is 2.52 bits per heavy atom. The van der Waals surface area contributed by atoms with Crippen molar-refractivity contribution < 1.29 is 17.5 Å². The molecule has 2 aromatic rings. The number of ether oxygens (including phenoxy) is 1. The number of halogens is 2. The number of benzene rings is 2. The molecular weight excluding hydrogens is 363 g/mol. The fourth-order valence-electron chi connectivity index (χ4n) is 1.64. The molecule has 0 heterocycles. The molecule has 8 heteroatoms. The van der Waals surface area contributed by atoms with Crippen LogP contribution in [0.15, 0.2) is 46.9 Å². The minimum atomic E-state index is -4.10. The largest absolute Gasteiger partial charge is 0.487 e. The lowest BCUT2D eigenvalue weighted by Gasteiger charge is -2.13. The van der Waals surface area contributed by atoms with E-state index in [1.807, 2.05) is 35.1 Å². The third-order valence-electron chi connectivity index (χ3n) is 2.50. The van der Waals surface area contributed by atoms with Gasteiger partial charge in [0.05, 0.1) is 0 Å². The summed E-state index contributed by atoms with van der Waals surface area (Å²) in [4.78, 5) is 0. The van der Waals surface area contributed by atoms with E-state index in [4.69, 9.17) is 9.88 Å². The summed E-state index contributed by atoms with van der Waals surface area (Å²) in [5.41, 5.74) is 0.538. The first-order chi connectivity index (χ1) is 9.85. The predicted octanol–water partition coefficient (Wildman–Crippen LogP) is 2.78. The van der Waals surface area contributed by atoms with Gasteiger partial charge < -0.3 is 4.74 Å². The third kappa shape index (κ3) is 4.69. The van der Waals surface area contributed by atoms with E-state index in [1.54, 1.807) is 0 Å². The second kappa shape index (κ2) is 6.42. The molecule has 0 unspecified atom stereocenters. The van der Waals surface area contributed by atoms with Crippen LogP contribution < -0.4 is 14.6 Å². The van der Waals surface area contributed by atoms with Crippen LogP contribution in [0, 0.1) is 5.82 Å². The van der Waals surface area contributed by atoms with Gasteiger partial charge in [-0.1, -0.05) is 46.3 Å². The van der Waals surface area contributed by atoms with Crippen molar-refractivity contribution in [3.63, 3.8) is 0 Å². The first kappa shape index (κ1) is 15.7. The van der Waals surface area contributed by atoms with Crippen molar-refractivity contribution >= 4 is 31.8 Å². The van der Waals surface area contributed by atoms with Gasteiger partial charge >= 0.3 is 0 Å². The molecule has 0 aliphatic heterocycles. The maximum absolute atomic E-state index is 13.9. The average molecular weight is 375 g/mol. The van der Waals surface area contributed by atoms with Gasteiger partial charge in [-0.2, -0.15) is 8.42 Å². The summed E-state index contributed by atoms with van der Waals surface area (Å²) in [6, 6.07) is 11.8. The van der Waals surface area contributed by atoms with E-state index in [-0.39, 0.29) is 18.0 Å². The van der Waals surface area contributed by atoms with Gasteiger partial charge in [0.15, 0.2) is 5.82 Å². The molecule has 2 rings (SSSR count). The monoisotopic (exact) mass is 374 g/mol. The number of nitrogens with two attached hydrogens (primary N) is 1. The standard InChI is InChI=1S/C13H12BrFN2O3S/c14-10-6-11(15)13(17-21(16,18)19)12(7-10)20-8-9-4-2-1-3-5-9/h1-7,17H,8H2,(H2,16,18,19). The molecule has 5 nitrogen and oxygen atoms in total. The first-order valence-electron chi connectivity index (χ1n) is 5.81. The van der Waals surface area contributed by atoms with E-state index >= 15 is 0 Å². The van der Waals surface area contributed by atoms with Crippen molar-refractivity contribution in [1.82, 2.24) is 0 Å².